The average Bonchev–Trinajstić information content (AvgIpc) is 2.76. The third-order valence-electron chi connectivity index (χ3n) is 3.44. The maximum absolute atomic E-state index is 6.22. The fourth-order valence-electron chi connectivity index (χ4n) is 2.44. The van der Waals surface area contributed by atoms with Crippen LogP contribution in [-0.2, 0) is 11.2 Å². The molecule has 1 saturated heterocycles. The molecule has 1 aromatic rings. The highest BCUT2D eigenvalue weighted by molar-refractivity contribution is 6.30. The van der Waals surface area contributed by atoms with E-state index in [0.717, 1.165) is 30.6 Å². The first-order valence-corrected chi connectivity index (χ1v) is 6.71. The Labute approximate surface area is 113 Å². The van der Waals surface area contributed by atoms with Crippen LogP contribution in [0.4, 0.5) is 0 Å². The molecule has 2 N–H and O–H groups in total. The smallest absolute Gasteiger partial charge is 0.122 e. The first-order valence-electron chi connectivity index (χ1n) is 6.33. The highest BCUT2D eigenvalue weighted by Crippen LogP contribution is 2.27. The van der Waals surface area contributed by atoms with Crippen LogP contribution in [0.5, 0.6) is 5.75 Å². The number of ether oxygens (including phenoxy) is 2. The number of benzene rings is 1. The summed E-state index contributed by atoms with van der Waals surface area (Å²) in [5.41, 5.74) is 7.27. The van der Waals surface area contributed by atoms with E-state index in [-0.39, 0.29) is 12.1 Å². The molecule has 4 heteroatoms. The van der Waals surface area contributed by atoms with Crippen molar-refractivity contribution >= 4 is 11.6 Å². The van der Waals surface area contributed by atoms with Crippen LogP contribution in [-0.4, -0.2) is 25.4 Å². The van der Waals surface area contributed by atoms with E-state index in [1.807, 2.05) is 18.2 Å². The Morgan fingerprint density at radius 2 is 2.28 bits per heavy atom. The summed E-state index contributed by atoms with van der Waals surface area (Å²) in [6.07, 6.45) is 3.31. The van der Waals surface area contributed by atoms with Crippen LogP contribution in [0.3, 0.4) is 0 Å². The predicted molar refractivity (Wildman–Crippen MR) is 73.3 cm³/mol. The Morgan fingerprint density at radius 1 is 1.50 bits per heavy atom. The molecule has 0 radical (unpaired) electrons. The van der Waals surface area contributed by atoms with Crippen molar-refractivity contribution in [1.29, 1.82) is 0 Å². The summed E-state index contributed by atoms with van der Waals surface area (Å²) in [7, 11) is 1.66. The Kier molecular flexibility index (Phi) is 4.49. The minimum atomic E-state index is -0.0117. The summed E-state index contributed by atoms with van der Waals surface area (Å²) in [6.45, 7) is 2.09. The molecular weight excluding hydrogens is 250 g/mol. The molecule has 1 aliphatic rings. The van der Waals surface area contributed by atoms with E-state index in [0.29, 0.717) is 11.1 Å². The number of nitrogens with two attached hydrogens (primary N) is 1. The Morgan fingerprint density at radius 3 is 2.89 bits per heavy atom. The molecule has 3 unspecified atom stereocenters. The van der Waals surface area contributed by atoms with Crippen molar-refractivity contribution in [2.75, 3.05) is 7.11 Å². The summed E-state index contributed by atoms with van der Waals surface area (Å²) < 4.78 is 11.1. The number of hydrogen-bond donors (Lipinski definition) is 1. The standard InChI is InChI=1S/C14H20ClNO2/c1-9-3-5-14(18-9)12(16)8-10-7-11(15)4-6-13(10)17-2/h4,6-7,9,12,14H,3,5,8,16H2,1-2H3. The highest BCUT2D eigenvalue weighted by atomic mass is 35.5. The zero-order chi connectivity index (χ0) is 13.1. The minimum Gasteiger partial charge on any atom is -0.496 e. The van der Waals surface area contributed by atoms with Crippen molar-refractivity contribution in [2.24, 2.45) is 5.73 Å². The summed E-state index contributed by atoms with van der Waals surface area (Å²) in [4.78, 5) is 0. The molecule has 1 heterocycles. The van der Waals surface area contributed by atoms with Gasteiger partial charge in [-0.05, 0) is 49.9 Å². The normalized spacial score (nSPS) is 25.1. The van der Waals surface area contributed by atoms with Gasteiger partial charge in [-0.15, -0.1) is 0 Å². The first kappa shape index (κ1) is 13.7. The Balaban J connectivity index is 2.06. The predicted octanol–water partition coefficient (Wildman–Crippen LogP) is 2.79. The molecule has 1 aliphatic heterocycles. The van der Waals surface area contributed by atoms with Gasteiger partial charge in [0.2, 0.25) is 0 Å². The third-order valence-corrected chi connectivity index (χ3v) is 3.68. The van der Waals surface area contributed by atoms with E-state index in [2.05, 4.69) is 6.92 Å². The molecule has 0 amide bonds. The molecule has 3 atom stereocenters. The number of rotatable bonds is 4. The molecule has 100 valence electrons. The Bertz CT molecular complexity index is 411. The Hall–Kier alpha value is -0.770. The van der Waals surface area contributed by atoms with Crippen molar-refractivity contribution in [3.8, 4) is 5.75 Å². The SMILES string of the molecule is COc1ccc(Cl)cc1CC(N)C1CCC(C)O1. The van der Waals surface area contributed by atoms with E-state index >= 15 is 0 Å². The maximum Gasteiger partial charge on any atom is 0.122 e. The van der Waals surface area contributed by atoms with Crippen LogP contribution < -0.4 is 10.5 Å². The summed E-state index contributed by atoms with van der Waals surface area (Å²) in [5, 5.41) is 0.707. The second kappa shape index (κ2) is 5.91. The van der Waals surface area contributed by atoms with Gasteiger partial charge in [-0.3, -0.25) is 0 Å². The fourth-order valence-corrected chi connectivity index (χ4v) is 2.64. The van der Waals surface area contributed by atoms with Crippen LogP contribution in [0.2, 0.25) is 5.02 Å². The van der Waals surface area contributed by atoms with Crippen LogP contribution in [0.25, 0.3) is 0 Å². The van der Waals surface area contributed by atoms with Gasteiger partial charge in [0.15, 0.2) is 0 Å². The van der Waals surface area contributed by atoms with E-state index in [1.165, 1.54) is 0 Å². The van der Waals surface area contributed by atoms with E-state index in [4.69, 9.17) is 26.8 Å². The summed E-state index contributed by atoms with van der Waals surface area (Å²) in [5.74, 6) is 0.834. The van der Waals surface area contributed by atoms with Gasteiger partial charge in [0.25, 0.3) is 0 Å². The second-order valence-corrected chi connectivity index (χ2v) is 5.32. The van der Waals surface area contributed by atoms with Gasteiger partial charge in [0.05, 0.1) is 19.3 Å². The first-order chi connectivity index (χ1) is 8.60. The quantitative estimate of drug-likeness (QED) is 0.914. The van der Waals surface area contributed by atoms with Crippen LogP contribution in [0.1, 0.15) is 25.3 Å². The van der Waals surface area contributed by atoms with Gasteiger partial charge in [-0.2, -0.15) is 0 Å². The van der Waals surface area contributed by atoms with Gasteiger partial charge in [-0.25, -0.2) is 0 Å². The maximum atomic E-state index is 6.22. The highest BCUT2D eigenvalue weighted by Gasteiger charge is 2.27. The van der Waals surface area contributed by atoms with Crippen LogP contribution >= 0.6 is 11.6 Å². The lowest BCUT2D eigenvalue weighted by atomic mass is 9.99. The van der Waals surface area contributed by atoms with Crippen molar-refractivity contribution in [3.63, 3.8) is 0 Å². The molecule has 3 nitrogen and oxygen atoms in total. The molecular formula is C14H20ClNO2. The van der Waals surface area contributed by atoms with Crippen molar-refractivity contribution in [1.82, 2.24) is 0 Å². The summed E-state index contributed by atoms with van der Waals surface area (Å²) >= 11 is 6.01. The third kappa shape index (κ3) is 3.16. The van der Waals surface area contributed by atoms with Crippen LogP contribution in [0.15, 0.2) is 18.2 Å². The van der Waals surface area contributed by atoms with E-state index < -0.39 is 0 Å². The molecule has 0 aromatic heterocycles. The van der Waals surface area contributed by atoms with Gasteiger partial charge < -0.3 is 15.2 Å². The summed E-state index contributed by atoms with van der Waals surface area (Å²) in [6, 6.07) is 5.60. The van der Waals surface area contributed by atoms with E-state index in [1.54, 1.807) is 7.11 Å². The van der Waals surface area contributed by atoms with Gasteiger partial charge in [0, 0.05) is 11.1 Å². The molecule has 2 rings (SSSR count). The lowest BCUT2D eigenvalue weighted by molar-refractivity contribution is 0.0403. The zero-order valence-corrected chi connectivity index (χ0v) is 11.6. The zero-order valence-electron chi connectivity index (χ0n) is 10.9. The van der Waals surface area contributed by atoms with Crippen molar-refractivity contribution < 1.29 is 9.47 Å². The van der Waals surface area contributed by atoms with Crippen LogP contribution in [0, 0.1) is 0 Å². The average molecular weight is 270 g/mol. The number of methoxy groups -OCH3 is 1. The minimum absolute atomic E-state index is 0.0117. The number of halogens is 1. The number of hydrogen-bond acceptors (Lipinski definition) is 3. The topological polar surface area (TPSA) is 44.5 Å². The van der Waals surface area contributed by atoms with Crippen molar-refractivity contribution in [2.45, 2.75) is 44.4 Å². The molecule has 0 bridgehead atoms. The molecule has 0 aliphatic carbocycles. The molecule has 1 aromatic carbocycles. The van der Waals surface area contributed by atoms with Crippen molar-refractivity contribution in [3.05, 3.63) is 28.8 Å². The van der Waals surface area contributed by atoms with Gasteiger partial charge in [0.1, 0.15) is 5.75 Å². The largest absolute Gasteiger partial charge is 0.496 e. The molecule has 18 heavy (non-hydrogen) atoms. The molecule has 1 fully saturated rings. The lowest BCUT2D eigenvalue weighted by Crippen LogP contribution is -2.36. The van der Waals surface area contributed by atoms with Gasteiger partial charge >= 0.3 is 0 Å². The molecule has 0 saturated carbocycles. The van der Waals surface area contributed by atoms with E-state index in [9.17, 15) is 0 Å². The van der Waals surface area contributed by atoms with Gasteiger partial charge in [-0.1, -0.05) is 11.6 Å². The second-order valence-electron chi connectivity index (χ2n) is 4.89. The lowest BCUT2D eigenvalue weighted by Gasteiger charge is -2.20. The monoisotopic (exact) mass is 269 g/mol. The fraction of sp³-hybridized carbons (Fsp3) is 0.571. The molecule has 0 spiro atoms.